The van der Waals surface area contributed by atoms with E-state index < -0.39 is 0 Å². The minimum Gasteiger partial charge on any atom is -0.339 e. The SMILES string of the molecule is O=C(CCCN1C(=O)c2ccccc2C1=O)N1CCN(c2ncc(Br)cn2)CC1. The fourth-order valence-electron chi connectivity index (χ4n) is 3.61. The van der Waals surface area contributed by atoms with E-state index in [4.69, 9.17) is 0 Å². The molecule has 0 saturated carbocycles. The van der Waals surface area contributed by atoms with E-state index in [0.717, 1.165) is 4.47 Å². The Morgan fingerprint density at radius 2 is 1.55 bits per heavy atom. The molecule has 1 aromatic carbocycles. The molecule has 9 heteroatoms. The van der Waals surface area contributed by atoms with Gasteiger partial charge in [0, 0.05) is 51.5 Å². The second kappa shape index (κ2) is 8.28. The Kier molecular flexibility index (Phi) is 5.57. The van der Waals surface area contributed by atoms with E-state index >= 15 is 0 Å². The molecule has 1 aromatic heterocycles. The fourth-order valence-corrected chi connectivity index (χ4v) is 3.82. The topological polar surface area (TPSA) is 86.7 Å². The first kappa shape index (κ1) is 19.5. The van der Waals surface area contributed by atoms with Gasteiger partial charge in [-0.05, 0) is 34.5 Å². The summed E-state index contributed by atoms with van der Waals surface area (Å²) in [5.74, 6) is 0.145. The molecule has 29 heavy (non-hydrogen) atoms. The predicted molar refractivity (Wildman–Crippen MR) is 110 cm³/mol. The summed E-state index contributed by atoms with van der Waals surface area (Å²) in [6.45, 7) is 2.80. The molecule has 4 rings (SSSR count). The van der Waals surface area contributed by atoms with E-state index in [1.807, 2.05) is 4.90 Å². The summed E-state index contributed by atoms with van der Waals surface area (Å²) in [7, 11) is 0. The van der Waals surface area contributed by atoms with Crippen LogP contribution in [0.2, 0.25) is 0 Å². The second-order valence-electron chi connectivity index (χ2n) is 6.98. The van der Waals surface area contributed by atoms with Crippen LogP contribution in [-0.4, -0.2) is 70.2 Å². The smallest absolute Gasteiger partial charge is 0.261 e. The average Bonchev–Trinajstić information content (AvgIpc) is 2.99. The minimum atomic E-state index is -0.277. The Labute approximate surface area is 176 Å². The minimum absolute atomic E-state index is 0.0398. The molecule has 0 unspecified atom stereocenters. The molecule has 0 radical (unpaired) electrons. The molecular weight excluding hydrogens is 438 g/mol. The second-order valence-corrected chi connectivity index (χ2v) is 7.90. The van der Waals surface area contributed by atoms with Gasteiger partial charge in [-0.1, -0.05) is 12.1 Å². The predicted octanol–water partition coefficient (Wildman–Crippen LogP) is 1.96. The molecular formula is C20H20BrN5O3. The van der Waals surface area contributed by atoms with Crippen LogP contribution < -0.4 is 4.90 Å². The number of hydrogen-bond donors (Lipinski definition) is 0. The van der Waals surface area contributed by atoms with Crippen LogP contribution in [0, 0.1) is 0 Å². The molecule has 1 saturated heterocycles. The number of benzene rings is 1. The number of anilines is 1. The highest BCUT2D eigenvalue weighted by Crippen LogP contribution is 2.23. The number of carbonyl (C=O) groups excluding carboxylic acids is 3. The monoisotopic (exact) mass is 457 g/mol. The Balaban J connectivity index is 1.24. The third-order valence-corrected chi connectivity index (χ3v) is 5.58. The van der Waals surface area contributed by atoms with Gasteiger partial charge in [-0.15, -0.1) is 0 Å². The summed E-state index contributed by atoms with van der Waals surface area (Å²) >= 11 is 3.32. The Hall–Kier alpha value is -2.81. The first-order valence-electron chi connectivity index (χ1n) is 9.50. The van der Waals surface area contributed by atoms with Gasteiger partial charge in [0.1, 0.15) is 0 Å². The van der Waals surface area contributed by atoms with Crippen molar-refractivity contribution in [3.8, 4) is 0 Å². The van der Waals surface area contributed by atoms with Crippen LogP contribution in [-0.2, 0) is 4.79 Å². The zero-order valence-electron chi connectivity index (χ0n) is 15.8. The van der Waals surface area contributed by atoms with Crippen molar-refractivity contribution in [1.29, 1.82) is 0 Å². The quantitative estimate of drug-likeness (QED) is 0.637. The first-order valence-corrected chi connectivity index (χ1v) is 10.3. The highest BCUT2D eigenvalue weighted by molar-refractivity contribution is 9.10. The number of halogens is 1. The van der Waals surface area contributed by atoms with E-state index in [1.54, 1.807) is 36.7 Å². The van der Waals surface area contributed by atoms with Crippen molar-refractivity contribution in [2.24, 2.45) is 0 Å². The van der Waals surface area contributed by atoms with Gasteiger partial charge in [0.2, 0.25) is 11.9 Å². The summed E-state index contributed by atoms with van der Waals surface area (Å²) in [5, 5.41) is 0. The van der Waals surface area contributed by atoms with Crippen molar-refractivity contribution >= 4 is 39.6 Å². The molecule has 1 fully saturated rings. The number of aromatic nitrogens is 2. The number of piperazine rings is 1. The van der Waals surface area contributed by atoms with Gasteiger partial charge in [0.05, 0.1) is 15.6 Å². The number of rotatable bonds is 5. The lowest BCUT2D eigenvalue weighted by Crippen LogP contribution is -2.49. The number of hydrogen-bond acceptors (Lipinski definition) is 6. The van der Waals surface area contributed by atoms with Crippen LogP contribution in [0.5, 0.6) is 0 Å². The molecule has 0 spiro atoms. The maximum Gasteiger partial charge on any atom is 0.261 e. The van der Waals surface area contributed by atoms with Gasteiger partial charge in [-0.2, -0.15) is 0 Å². The number of nitrogens with zero attached hydrogens (tertiary/aromatic N) is 5. The molecule has 3 heterocycles. The highest BCUT2D eigenvalue weighted by Gasteiger charge is 2.34. The average molecular weight is 458 g/mol. The molecule has 2 aliphatic heterocycles. The molecule has 0 N–H and O–H groups in total. The van der Waals surface area contributed by atoms with E-state index in [1.165, 1.54) is 4.90 Å². The number of carbonyl (C=O) groups is 3. The van der Waals surface area contributed by atoms with Crippen molar-refractivity contribution in [2.45, 2.75) is 12.8 Å². The zero-order chi connectivity index (χ0) is 20.4. The summed E-state index contributed by atoms with van der Waals surface area (Å²) in [6, 6.07) is 6.82. The Bertz CT molecular complexity index is 906. The van der Waals surface area contributed by atoms with Crippen LogP contribution in [0.3, 0.4) is 0 Å². The summed E-state index contributed by atoms with van der Waals surface area (Å²) < 4.78 is 0.827. The van der Waals surface area contributed by atoms with Crippen LogP contribution in [0.1, 0.15) is 33.6 Å². The maximum atomic E-state index is 12.5. The molecule has 150 valence electrons. The standard InChI is InChI=1S/C20H20BrN5O3/c21-14-12-22-20(23-13-14)25-10-8-24(9-11-25)17(27)6-3-7-26-18(28)15-4-1-2-5-16(15)19(26)29/h1-2,4-5,12-13H,3,6-11H2. The maximum absolute atomic E-state index is 12.5. The molecule has 0 atom stereocenters. The highest BCUT2D eigenvalue weighted by atomic mass is 79.9. The molecule has 2 aliphatic rings. The number of amides is 3. The van der Waals surface area contributed by atoms with Gasteiger partial charge in [0.15, 0.2) is 0 Å². The van der Waals surface area contributed by atoms with Crippen LogP contribution in [0.15, 0.2) is 41.1 Å². The molecule has 3 amide bonds. The zero-order valence-corrected chi connectivity index (χ0v) is 17.3. The lowest BCUT2D eigenvalue weighted by molar-refractivity contribution is -0.131. The molecule has 2 aromatic rings. The van der Waals surface area contributed by atoms with Crippen LogP contribution >= 0.6 is 15.9 Å². The number of imide groups is 1. The van der Waals surface area contributed by atoms with Gasteiger partial charge >= 0.3 is 0 Å². The van der Waals surface area contributed by atoms with Crippen molar-refractivity contribution < 1.29 is 14.4 Å². The van der Waals surface area contributed by atoms with Gasteiger partial charge in [-0.3, -0.25) is 19.3 Å². The van der Waals surface area contributed by atoms with Crippen molar-refractivity contribution in [3.63, 3.8) is 0 Å². The third kappa shape index (κ3) is 4.00. The fraction of sp³-hybridized carbons (Fsp3) is 0.350. The van der Waals surface area contributed by atoms with E-state index in [9.17, 15) is 14.4 Å². The molecule has 8 nitrogen and oxygen atoms in total. The summed E-state index contributed by atoms with van der Waals surface area (Å²) in [4.78, 5) is 50.9. The van der Waals surface area contributed by atoms with Crippen molar-refractivity contribution in [1.82, 2.24) is 19.8 Å². The number of fused-ring (bicyclic) bond motifs is 1. The molecule has 0 bridgehead atoms. The van der Waals surface area contributed by atoms with Crippen LogP contribution in [0.25, 0.3) is 0 Å². The van der Waals surface area contributed by atoms with E-state index in [-0.39, 0.29) is 24.3 Å². The van der Waals surface area contributed by atoms with Crippen LogP contribution in [0.4, 0.5) is 5.95 Å². The van der Waals surface area contributed by atoms with E-state index in [0.29, 0.717) is 56.1 Å². The third-order valence-electron chi connectivity index (χ3n) is 5.17. The van der Waals surface area contributed by atoms with Gasteiger partial charge in [0.25, 0.3) is 11.8 Å². The Morgan fingerprint density at radius 1 is 0.966 bits per heavy atom. The summed E-state index contributed by atoms with van der Waals surface area (Å²) in [5.41, 5.74) is 0.880. The summed E-state index contributed by atoms with van der Waals surface area (Å²) in [6.07, 6.45) is 4.18. The lowest BCUT2D eigenvalue weighted by atomic mass is 10.1. The van der Waals surface area contributed by atoms with Gasteiger partial charge < -0.3 is 9.80 Å². The Morgan fingerprint density at radius 3 is 2.14 bits per heavy atom. The normalized spacial score (nSPS) is 16.4. The first-order chi connectivity index (χ1) is 14.0. The largest absolute Gasteiger partial charge is 0.339 e. The van der Waals surface area contributed by atoms with Gasteiger partial charge in [-0.25, -0.2) is 9.97 Å². The van der Waals surface area contributed by atoms with E-state index in [2.05, 4.69) is 30.8 Å². The lowest BCUT2D eigenvalue weighted by Gasteiger charge is -2.34. The van der Waals surface area contributed by atoms with Crippen molar-refractivity contribution in [2.75, 3.05) is 37.6 Å². The molecule has 0 aliphatic carbocycles. The van der Waals surface area contributed by atoms with Crippen molar-refractivity contribution in [3.05, 3.63) is 52.3 Å².